The van der Waals surface area contributed by atoms with Gasteiger partial charge in [-0.2, -0.15) is 0 Å². The summed E-state index contributed by atoms with van der Waals surface area (Å²) in [5, 5.41) is 0. The third kappa shape index (κ3) is 1.01. The Bertz CT molecular complexity index is 495. The first-order chi connectivity index (χ1) is 6.95. The molecule has 0 fully saturated rings. The van der Waals surface area contributed by atoms with Gasteiger partial charge in [-0.3, -0.25) is 4.99 Å². The standard InChI is InChI=1S/C12H10N2/c1-2-6-12-10(4-1)8-13-9-11-5-3-7-14(11)12/h1-8H,9H2. The van der Waals surface area contributed by atoms with Crippen molar-refractivity contribution in [3.05, 3.63) is 53.9 Å². The quantitative estimate of drug-likeness (QED) is 0.595. The lowest BCUT2D eigenvalue weighted by atomic mass is 10.2. The van der Waals surface area contributed by atoms with Crippen LogP contribution in [0.5, 0.6) is 0 Å². The predicted octanol–water partition coefficient (Wildman–Crippen LogP) is 2.41. The van der Waals surface area contributed by atoms with Crippen molar-refractivity contribution >= 4 is 6.21 Å². The van der Waals surface area contributed by atoms with E-state index in [-0.39, 0.29) is 0 Å². The highest BCUT2D eigenvalue weighted by Gasteiger charge is 2.08. The topological polar surface area (TPSA) is 17.3 Å². The fraction of sp³-hybridized carbons (Fsp3) is 0.0833. The maximum Gasteiger partial charge on any atom is 0.0795 e. The number of hydrogen-bond donors (Lipinski definition) is 0. The van der Waals surface area contributed by atoms with Crippen molar-refractivity contribution in [1.82, 2.24) is 4.57 Å². The zero-order chi connectivity index (χ0) is 9.38. The van der Waals surface area contributed by atoms with Crippen molar-refractivity contribution in [2.45, 2.75) is 6.54 Å². The molecule has 0 radical (unpaired) electrons. The molecule has 0 unspecified atom stereocenters. The van der Waals surface area contributed by atoms with Crippen molar-refractivity contribution in [1.29, 1.82) is 0 Å². The fourth-order valence-electron chi connectivity index (χ4n) is 1.83. The Morgan fingerprint density at radius 2 is 2.00 bits per heavy atom. The summed E-state index contributed by atoms with van der Waals surface area (Å²) in [6.45, 7) is 0.766. The molecular weight excluding hydrogens is 172 g/mol. The van der Waals surface area contributed by atoms with Crippen LogP contribution in [0, 0.1) is 0 Å². The second kappa shape index (κ2) is 2.84. The molecule has 14 heavy (non-hydrogen) atoms. The smallest absolute Gasteiger partial charge is 0.0795 e. The molecule has 3 rings (SSSR count). The largest absolute Gasteiger partial charge is 0.318 e. The Morgan fingerprint density at radius 1 is 1.07 bits per heavy atom. The summed E-state index contributed by atoms with van der Waals surface area (Å²) in [5.74, 6) is 0. The summed E-state index contributed by atoms with van der Waals surface area (Å²) in [4.78, 5) is 4.38. The zero-order valence-corrected chi connectivity index (χ0v) is 7.72. The summed E-state index contributed by atoms with van der Waals surface area (Å²) >= 11 is 0. The summed E-state index contributed by atoms with van der Waals surface area (Å²) in [7, 11) is 0. The van der Waals surface area contributed by atoms with Crippen molar-refractivity contribution in [3.8, 4) is 5.69 Å². The first-order valence-electron chi connectivity index (χ1n) is 4.70. The number of nitrogens with zero attached hydrogens (tertiary/aromatic N) is 2. The van der Waals surface area contributed by atoms with E-state index in [2.05, 4.69) is 46.1 Å². The van der Waals surface area contributed by atoms with Crippen LogP contribution in [0.15, 0.2) is 47.6 Å². The lowest BCUT2D eigenvalue weighted by Gasteiger charge is -2.07. The Hall–Kier alpha value is -1.83. The minimum Gasteiger partial charge on any atom is -0.318 e. The molecule has 2 nitrogen and oxygen atoms in total. The number of aromatic nitrogens is 1. The Balaban J connectivity index is 2.34. The summed E-state index contributed by atoms with van der Waals surface area (Å²) in [5.41, 5.74) is 3.64. The van der Waals surface area contributed by atoms with Crippen LogP contribution in [-0.2, 0) is 6.54 Å². The van der Waals surface area contributed by atoms with Gasteiger partial charge in [-0.05, 0) is 18.2 Å². The number of benzene rings is 1. The average Bonchev–Trinajstić information content (AvgIpc) is 2.61. The first-order valence-corrected chi connectivity index (χ1v) is 4.70. The highest BCUT2D eigenvalue weighted by atomic mass is 15.0. The lowest BCUT2D eigenvalue weighted by Crippen LogP contribution is -1.98. The van der Waals surface area contributed by atoms with Gasteiger partial charge in [0.1, 0.15) is 0 Å². The molecule has 0 amide bonds. The molecule has 2 heteroatoms. The van der Waals surface area contributed by atoms with Gasteiger partial charge in [0.05, 0.1) is 12.2 Å². The molecule has 0 saturated carbocycles. The second-order valence-corrected chi connectivity index (χ2v) is 3.40. The molecule has 0 N–H and O–H groups in total. The maximum atomic E-state index is 4.38. The maximum absolute atomic E-state index is 4.38. The van der Waals surface area contributed by atoms with E-state index >= 15 is 0 Å². The first kappa shape index (κ1) is 7.56. The molecular formula is C12H10N2. The molecule has 2 aromatic rings. The molecule has 1 aromatic carbocycles. The van der Waals surface area contributed by atoms with Gasteiger partial charge < -0.3 is 4.57 Å². The number of hydrogen-bond acceptors (Lipinski definition) is 1. The van der Waals surface area contributed by atoms with Gasteiger partial charge in [-0.25, -0.2) is 0 Å². The number of fused-ring (bicyclic) bond motifs is 3. The molecule has 2 heterocycles. The molecule has 0 spiro atoms. The molecule has 1 aliphatic heterocycles. The zero-order valence-electron chi connectivity index (χ0n) is 7.72. The van der Waals surface area contributed by atoms with Gasteiger partial charge >= 0.3 is 0 Å². The van der Waals surface area contributed by atoms with Crippen LogP contribution < -0.4 is 0 Å². The van der Waals surface area contributed by atoms with Crippen molar-refractivity contribution < 1.29 is 0 Å². The minimum atomic E-state index is 0.766. The van der Waals surface area contributed by atoms with Crippen LogP contribution in [0.25, 0.3) is 5.69 Å². The van der Waals surface area contributed by atoms with E-state index in [0.29, 0.717) is 0 Å². The molecule has 1 aliphatic rings. The van der Waals surface area contributed by atoms with Gasteiger partial charge in [0, 0.05) is 23.7 Å². The van der Waals surface area contributed by atoms with E-state index in [9.17, 15) is 0 Å². The average molecular weight is 182 g/mol. The van der Waals surface area contributed by atoms with E-state index in [1.54, 1.807) is 0 Å². The lowest BCUT2D eigenvalue weighted by molar-refractivity contribution is 0.927. The molecule has 0 bridgehead atoms. The van der Waals surface area contributed by atoms with E-state index in [4.69, 9.17) is 0 Å². The SMILES string of the molecule is C1=NCc2cccn2-c2ccccc21. The van der Waals surface area contributed by atoms with Crippen molar-refractivity contribution in [3.63, 3.8) is 0 Å². The number of para-hydroxylation sites is 1. The van der Waals surface area contributed by atoms with E-state index < -0.39 is 0 Å². The molecule has 0 atom stereocenters. The van der Waals surface area contributed by atoms with Crippen LogP contribution in [0.4, 0.5) is 0 Å². The highest BCUT2D eigenvalue weighted by Crippen LogP contribution is 2.19. The Morgan fingerprint density at radius 3 is 3.00 bits per heavy atom. The van der Waals surface area contributed by atoms with Gasteiger partial charge in [0.25, 0.3) is 0 Å². The third-order valence-corrected chi connectivity index (χ3v) is 2.51. The summed E-state index contributed by atoms with van der Waals surface area (Å²) in [6.07, 6.45) is 4.03. The Kier molecular flexibility index (Phi) is 1.53. The minimum absolute atomic E-state index is 0.766. The van der Waals surface area contributed by atoms with Crippen LogP contribution in [0.1, 0.15) is 11.3 Å². The van der Waals surface area contributed by atoms with Gasteiger partial charge in [-0.15, -0.1) is 0 Å². The van der Waals surface area contributed by atoms with Crippen LogP contribution in [0.3, 0.4) is 0 Å². The molecule has 0 aliphatic carbocycles. The van der Waals surface area contributed by atoms with Gasteiger partial charge in [0.2, 0.25) is 0 Å². The van der Waals surface area contributed by atoms with Crippen molar-refractivity contribution in [2.24, 2.45) is 4.99 Å². The Labute approximate surface area is 82.5 Å². The highest BCUT2D eigenvalue weighted by molar-refractivity contribution is 5.85. The summed E-state index contributed by atoms with van der Waals surface area (Å²) in [6, 6.07) is 12.5. The van der Waals surface area contributed by atoms with Crippen LogP contribution in [0.2, 0.25) is 0 Å². The number of rotatable bonds is 0. The normalized spacial score (nSPS) is 13.1. The third-order valence-electron chi connectivity index (χ3n) is 2.51. The van der Waals surface area contributed by atoms with Gasteiger partial charge in [0.15, 0.2) is 0 Å². The van der Waals surface area contributed by atoms with E-state index in [0.717, 1.165) is 6.54 Å². The van der Waals surface area contributed by atoms with E-state index in [1.807, 2.05) is 12.3 Å². The number of aliphatic imine (C=N–C) groups is 1. The second-order valence-electron chi connectivity index (χ2n) is 3.40. The van der Waals surface area contributed by atoms with Crippen molar-refractivity contribution in [2.75, 3.05) is 0 Å². The molecule has 1 aromatic heterocycles. The van der Waals surface area contributed by atoms with Crippen LogP contribution in [-0.4, -0.2) is 10.8 Å². The monoisotopic (exact) mass is 182 g/mol. The predicted molar refractivity (Wildman–Crippen MR) is 57.1 cm³/mol. The van der Waals surface area contributed by atoms with Crippen LogP contribution >= 0.6 is 0 Å². The molecule has 0 saturated heterocycles. The fourth-order valence-corrected chi connectivity index (χ4v) is 1.83. The summed E-state index contributed by atoms with van der Waals surface area (Å²) < 4.78 is 2.20. The van der Waals surface area contributed by atoms with Gasteiger partial charge in [-0.1, -0.05) is 18.2 Å². The molecule has 68 valence electrons. The van der Waals surface area contributed by atoms with E-state index in [1.165, 1.54) is 16.9 Å².